The third-order valence-corrected chi connectivity index (χ3v) is 6.65. The standard InChI is InChI=1S/C24H20Cl2N2O4S/c1-31-21-12-15(24-28(23(30)14-33-24)19-9-5-17(26)6-10-19)2-11-20(21)32-13-22(29)27-18-7-3-16(25)4-8-18/h2-12,24H,13-14H2,1H3,(H,27,29)/t24-/m1/s1. The summed E-state index contributed by atoms with van der Waals surface area (Å²) < 4.78 is 11.2. The van der Waals surface area contributed by atoms with Crippen LogP contribution in [0.3, 0.4) is 0 Å². The molecule has 33 heavy (non-hydrogen) atoms. The van der Waals surface area contributed by atoms with Crippen LogP contribution >= 0.6 is 35.0 Å². The summed E-state index contributed by atoms with van der Waals surface area (Å²) in [6.07, 6.45) is 0. The van der Waals surface area contributed by atoms with E-state index in [4.69, 9.17) is 32.7 Å². The molecule has 6 nitrogen and oxygen atoms in total. The Bertz CT molecular complexity index is 1160. The van der Waals surface area contributed by atoms with Crippen LogP contribution in [-0.4, -0.2) is 31.3 Å². The van der Waals surface area contributed by atoms with Gasteiger partial charge in [-0.1, -0.05) is 29.3 Å². The molecule has 3 aromatic rings. The van der Waals surface area contributed by atoms with Crippen LogP contribution in [0.15, 0.2) is 66.7 Å². The number of hydrogen-bond acceptors (Lipinski definition) is 5. The van der Waals surface area contributed by atoms with Crippen molar-refractivity contribution in [2.45, 2.75) is 5.37 Å². The molecular formula is C24H20Cl2N2O4S. The Kier molecular flexibility index (Phi) is 7.33. The maximum Gasteiger partial charge on any atom is 0.262 e. The molecule has 170 valence electrons. The highest BCUT2D eigenvalue weighted by Gasteiger charge is 2.34. The maximum absolute atomic E-state index is 12.6. The molecule has 4 rings (SSSR count). The summed E-state index contributed by atoms with van der Waals surface area (Å²) in [5.74, 6) is 0.987. The molecule has 1 saturated heterocycles. The van der Waals surface area contributed by atoms with E-state index in [-0.39, 0.29) is 23.8 Å². The molecule has 0 aromatic heterocycles. The summed E-state index contributed by atoms with van der Waals surface area (Å²) in [5, 5.41) is 3.73. The van der Waals surface area contributed by atoms with Crippen molar-refractivity contribution in [3.05, 3.63) is 82.3 Å². The van der Waals surface area contributed by atoms with Crippen molar-refractivity contribution in [2.24, 2.45) is 0 Å². The molecule has 0 aliphatic carbocycles. The van der Waals surface area contributed by atoms with Gasteiger partial charge in [-0.2, -0.15) is 0 Å². The zero-order valence-corrected chi connectivity index (χ0v) is 19.9. The number of halogens is 2. The largest absolute Gasteiger partial charge is 0.493 e. The molecule has 1 fully saturated rings. The number of hydrogen-bond donors (Lipinski definition) is 1. The van der Waals surface area contributed by atoms with Crippen molar-refractivity contribution in [1.29, 1.82) is 0 Å². The Morgan fingerprint density at radius 1 is 1.03 bits per heavy atom. The lowest BCUT2D eigenvalue weighted by Gasteiger charge is -2.25. The zero-order valence-electron chi connectivity index (χ0n) is 17.6. The SMILES string of the molecule is COc1cc([C@H]2SCC(=O)N2c2ccc(Cl)cc2)ccc1OCC(=O)Nc1ccc(Cl)cc1. The molecule has 1 heterocycles. The van der Waals surface area contributed by atoms with E-state index in [1.807, 2.05) is 24.3 Å². The van der Waals surface area contributed by atoms with E-state index in [0.29, 0.717) is 33.0 Å². The highest BCUT2D eigenvalue weighted by molar-refractivity contribution is 8.00. The number of ether oxygens (including phenoxy) is 2. The smallest absolute Gasteiger partial charge is 0.262 e. The minimum Gasteiger partial charge on any atom is -0.493 e. The molecule has 2 amide bonds. The second-order valence-electron chi connectivity index (χ2n) is 7.16. The van der Waals surface area contributed by atoms with Gasteiger partial charge in [0.1, 0.15) is 5.37 Å². The second-order valence-corrected chi connectivity index (χ2v) is 9.10. The predicted octanol–water partition coefficient (Wildman–Crippen LogP) is 5.80. The second kappa shape index (κ2) is 10.4. The molecular weight excluding hydrogens is 483 g/mol. The number of nitrogens with zero attached hydrogens (tertiary/aromatic N) is 1. The molecule has 0 bridgehead atoms. The molecule has 1 aliphatic rings. The molecule has 9 heteroatoms. The average Bonchev–Trinajstić information content (AvgIpc) is 3.21. The Morgan fingerprint density at radius 2 is 1.70 bits per heavy atom. The van der Waals surface area contributed by atoms with E-state index < -0.39 is 0 Å². The third-order valence-electron chi connectivity index (χ3n) is 4.93. The number of carbonyl (C=O) groups excluding carboxylic acids is 2. The molecule has 0 radical (unpaired) electrons. The van der Waals surface area contributed by atoms with Gasteiger partial charge in [-0.3, -0.25) is 14.5 Å². The van der Waals surface area contributed by atoms with Crippen LogP contribution < -0.4 is 19.7 Å². The van der Waals surface area contributed by atoms with Crippen LogP contribution in [-0.2, 0) is 9.59 Å². The first-order valence-corrected chi connectivity index (χ1v) is 11.8. The highest BCUT2D eigenvalue weighted by atomic mass is 35.5. The van der Waals surface area contributed by atoms with Crippen LogP contribution in [0.25, 0.3) is 0 Å². The number of amides is 2. The van der Waals surface area contributed by atoms with Crippen LogP contribution in [0, 0.1) is 0 Å². The fourth-order valence-corrected chi connectivity index (χ4v) is 4.80. The molecule has 1 aliphatic heterocycles. The van der Waals surface area contributed by atoms with Crippen molar-refractivity contribution in [3.8, 4) is 11.5 Å². The van der Waals surface area contributed by atoms with E-state index in [0.717, 1.165) is 11.3 Å². The van der Waals surface area contributed by atoms with Gasteiger partial charge in [0.05, 0.1) is 12.9 Å². The van der Waals surface area contributed by atoms with Crippen molar-refractivity contribution in [1.82, 2.24) is 0 Å². The maximum atomic E-state index is 12.6. The molecule has 1 atom stereocenters. The lowest BCUT2D eigenvalue weighted by molar-refractivity contribution is -0.118. The van der Waals surface area contributed by atoms with Gasteiger partial charge in [-0.05, 0) is 66.2 Å². The van der Waals surface area contributed by atoms with Gasteiger partial charge in [0.2, 0.25) is 5.91 Å². The number of carbonyl (C=O) groups is 2. The number of methoxy groups -OCH3 is 1. The first-order valence-electron chi connectivity index (χ1n) is 10.00. The van der Waals surface area contributed by atoms with Crippen LogP contribution in [0.4, 0.5) is 11.4 Å². The molecule has 0 saturated carbocycles. The molecule has 1 N–H and O–H groups in total. The lowest BCUT2D eigenvalue weighted by Crippen LogP contribution is -2.27. The fraction of sp³-hybridized carbons (Fsp3) is 0.167. The summed E-state index contributed by atoms with van der Waals surface area (Å²) >= 11 is 13.4. The first-order chi connectivity index (χ1) is 15.9. The van der Waals surface area contributed by atoms with Gasteiger partial charge >= 0.3 is 0 Å². The summed E-state index contributed by atoms with van der Waals surface area (Å²) in [6, 6.07) is 19.4. The summed E-state index contributed by atoms with van der Waals surface area (Å²) in [6.45, 7) is -0.189. The van der Waals surface area contributed by atoms with Crippen molar-refractivity contribution < 1.29 is 19.1 Å². The quantitative estimate of drug-likeness (QED) is 0.442. The van der Waals surface area contributed by atoms with E-state index in [1.165, 1.54) is 18.9 Å². The summed E-state index contributed by atoms with van der Waals surface area (Å²) in [7, 11) is 1.53. The fourth-order valence-electron chi connectivity index (χ4n) is 3.38. The first kappa shape index (κ1) is 23.3. The van der Waals surface area contributed by atoms with Crippen molar-refractivity contribution in [3.63, 3.8) is 0 Å². The van der Waals surface area contributed by atoms with Crippen molar-refractivity contribution in [2.75, 3.05) is 29.7 Å². The van der Waals surface area contributed by atoms with E-state index in [2.05, 4.69) is 5.32 Å². The average molecular weight is 503 g/mol. The lowest BCUT2D eigenvalue weighted by atomic mass is 10.1. The van der Waals surface area contributed by atoms with E-state index in [9.17, 15) is 9.59 Å². The number of anilines is 2. The minimum absolute atomic E-state index is 0.0190. The Balaban J connectivity index is 1.47. The van der Waals surface area contributed by atoms with Gasteiger partial charge in [0, 0.05) is 21.4 Å². The normalized spacial score (nSPS) is 15.4. The van der Waals surface area contributed by atoms with Gasteiger partial charge in [-0.25, -0.2) is 0 Å². The molecule has 0 spiro atoms. The Labute approximate surface area is 205 Å². The highest BCUT2D eigenvalue weighted by Crippen LogP contribution is 2.44. The number of benzene rings is 3. The predicted molar refractivity (Wildman–Crippen MR) is 133 cm³/mol. The van der Waals surface area contributed by atoms with Crippen LogP contribution in [0.1, 0.15) is 10.9 Å². The van der Waals surface area contributed by atoms with Gasteiger partial charge in [-0.15, -0.1) is 11.8 Å². The van der Waals surface area contributed by atoms with Crippen LogP contribution in [0.2, 0.25) is 10.0 Å². The Hall–Kier alpha value is -2.87. The third kappa shape index (κ3) is 5.55. The molecule has 3 aromatic carbocycles. The van der Waals surface area contributed by atoms with Gasteiger partial charge in [0.25, 0.3) is 5.91 Å². The monoisotopic (exact) mass is 502 g/mol. The van der Waals surface area contributed by atoms with Gasteiger partial charge < -0.3 is 14.8 Å². The number of nitrogens with one attached hydrogen (secondary N) is 1. The van der Waals surface area contributed by atoms with Gasteiger partial charge in [0.15, 0.2) is 18.1 Å². The zero-order chi connectivity index (χ0) is 23.4. The number of thioether (sulfide) groups is 1. The van der Waals surface area contributed by atoms with E-state index in [1.54, 1.807) is 47.4 Å². The van der Waals surface area contributed by atoms with Crippen molar-refractivity contribution >= 4 is 58.2 Å². The topological polar surface area (TPSA) is 67.9 Å². The van der Waals surface area contributed by atoms with E-state index >= 15 is 0 Å². The Morgan fingerprint density at radius 3 is 2.36 bits per heavy atom. The molecule has 0 unspecified atom stereocenters. The summed E-state index contributed by atoms with van der Waals surface area (Å²) in [4.78, 5) is 26.6. The summed E-state index contributed by atoms with van der Waals surface area (Å²) in [5.41, 5.74) is 2.29. The number of rotatable bonds is 7. The minimum atomic E-state index is -0.311. The van der Waals surface area contributed by atoms with Crippen LogP contribution in [0.5, 0.6) is 11.5 Å².